The highest BCUT2D eigenvalue weighted by Gasteiger charge is 2.18. The average molecular weight is 445 g/mol. The van der Waals surface area contributed by atoms with Crippen LogP contribution < -0.4 is 4.74 Å². The zero-order valence-corrected chi connectivity index (χ0v) is 17.6. The number of carbonyl (C=O) groups excluding carboxylic acids is 2. The molecule has 8 heteroatoms. The Bertz CT molecular complexity index is 1040. The Balaban J connectivity index is 1.59. The number of nitrogens with zero attached hydrogens (tertiary/aromatic N) is 2. The molecule has 0 spiro atoms. The van der Waals surface area contributed by atoms with Crippen molar-refractivity contribution in [2.24, 2.45) is 0 Å². The van der Waals surface area contributed by atoms with Crippen LogP contribution in [0.5, 0.6) is 11.5 Å². The molecular formula is C22H18Cl2N2O4. The normalized spacial score (nSPS) is 10.4. The van der Waals surface area contributed by atoms with E-state index in [1.54, 1.807) is 67.8 Å². The summed E-state index contributed by atoms with van der Waals surface area (Å²) in [7, 11) is 1.61. The standard InChI is InChI=1S/C22H18Cl2N2O4/c1-26(13-15-8-9-18(23)19(24)11-15)21(27)14-29-22(28)17-6-2-3-7-20(17)30-16-5-4-10-25-12-16/h2-12H,13-14H2,1H3. The van der Waals surface area contributed by atoms with Crippen LogP contribution in [0.3, 0.4) is 0 Å². The number of ether oxygens (including phenoxy) is 2. The summed E-state index contributed by atoms with van der Waals surface area (Å²) in [5, 5.41) is 0.849. The number of amides is 1. The van der Waals surface area contributed by atoms with E-state index in [-0.39, 0.29) is 11.5 Å². The summed E-state index contributed by atoms with van der Waals surface area (Å²) < 4.78 is 10.9. The molecule has 3 rings (SSSR count). The van der Waals surface area contributed by atoms with Crippen LogP contribution in [-0.4, -0.2) is 35.4 Å². The Labute approximate surface area is 184 Å². The number of para-hydroxylation sites is 1. The van der Waals surface area contributed by atoms with Crippen LogP contribution in [0.1, 0.15) is 15.9 Å². The number of pyridine rings is 1. The second kappa shape index (κ2) is 10.1. The minimum absolute atomic E-state index is 0.210. The first-order valence-electron chi connectivity index (χ1n) is 8.96. The number of benzene rings is 2. The summed E-state index contributed by atoms with van der Waals surface area (Å²) >= 11 is 11.9. The van der Waals surface area contributed by atoms with Crippen molar-refractivity contribution >= 4 is 35.1 Å². The highest BCUT2D eigenvalue weighted by atomic mass is 35.5. The first-order valence-corrected chi connectivity index (χ1v) is 9.71. The van der Waals surface area contributed by atoms with E-state index < -0.39 is 12.6 Å². The number of halogens is 2. The van der Waals surface area contributed by atoms with Gasteiger partial charge in [-0.05, 0) is 42.0 Å². The van der Waals surface area contributed by atoms with Crippen molar-refractivity contribution in [1.82, 2.24) is 9.88 Å². The largest absolute Gasteiger partial charge is 0.455 e. The summed E-state index contributed by atoms with van der Waals surface area (Å²) in [6, 6.07) is 15.2. The fraction of sp³-hybridized carbons (Fsp3) is 0.136. The van der Waals surface area contributed by atoms with Crippen molar-refractivity contribution in [3.63, 3.8) is 0 Å². The van der Waals surface area contributed by atoms with Crippen molar-refractivity contribution in [3.8, 4) is 11.5 Å². The lowest BCUT2D eigenvalue weighted by Gasteiger charge is -2.18. The van der Waals surface area contributed by atoms with Gasteiger partial charge in [0.05, 0.1) is 16.2 Å². The minimum atomic E-state index is -0.661. The van der Waals surface area contributed by atoms with Gasteiger partial charge in [-0.15, -0.1) is 0 Å². The number of hydrogen-bond acceptors (Lipinski definition) is 5. The highest BCUT2D eigenvalue weighted by Crippen LogP contribution is 2.25. The van der Waals surface area contributed by atoms with Crippen LogP contribution in [-0.2, 0) is 16.1 Å². The molecule has 3 aromatic rings. The lowest BCUT2D eigenvalue weighted by atomic mass is 10.2. The van der Waals surface area contributed by atoms with E-state index in [1.807, 2.05) is 0 Å². The van der Waals surface area contributed by atoms with Crippen molar-refractivity contribution in [2.45, 2.75) is 6.54 Å². The molecule has 1 heterocycles. The fourth-order valence-corrected chi connectivity index (χ4v) is 2.89. The second-order valence-corrected chi connectivity index (χ2v) is 7.18. The monoisotopic (exact) mass is 444 g/mol. The van der Waals surface area contributed by atoms with Gasteiger partial charge in [-0.2, -0.15) is 0 Å². The SMILES string of the molecule is CN(Cc1ccc(Cl)c(Cl)c1)C(=O)COC(=O)c1ccccc1Oc1cccnc1. The average Bonchev–Trinajstić information content (AvgIpc) is 2.75. The van der Waals surface area contributed by atoms with E-state index in [2.05, 4.69) is 4.98 Å². The molecule has 0 saturated heterocycles. The molecule has 0 fully saturated rings. The third kappa shape index (κ3) is 5.72. The summed E-state index contributed by atoms with van der Waals surface area (Å²) in [4.78, 5) is 30.3. The van der Waals surface area contributed by atoms with E-state index >= 15 is 0 Å². The number of esters is 1. The second-order valence-electron chi connectivity index (χ2n) is 6.36. The molecular weight excluding hydrogens is 427 g/mol. The van der Waals surface area contributed by atoms with Crippen LogP contribution in [0.25, 0.3) is 0 Å². The predicted octanol–water partition coefficient (Wildman–Crippen LogP) is 5.00. The molecule has 0 saturated carbocycles. The zero-order chi connectivity index (χ0) is 21.5. The predicted molar refractivity (Wildman–Crippen MR) is 114 cm³/mol. The van der Waals surface area contributed by atoms with Crippen molar-refractivity contribution < 1.29 is 19.1 Å². The molecule has 30 heavy (non-hydrogen) atoms. The maximum Gasteiger partial charge on any atom is 0.342 e. The molecule has 0 unspecified atom stereocenters. The lowest BCUT2D eigenvalue weighted by Crippen LogP contribution is -2.30. The minimum Gasteiger partial charge on any atom is -0.455 e. The molecule has 0 aliphatic heterocycles. The Morgan fingerprint density at radius 1 is 1.03 bits per heavy atom. The fourth-order valence-electron chi connectivity index (χ4n) is 2.57. The third-order valence-electron chi connectivity index (χ3n) is 4.13. The molecule has 0 aliphatic carbocycles. The Hall–Kier alpha value is -3.09. The van der Waals surface area contributed by atoms with E-state index in [0.717, 1.165) is 5.56 Å². The Kier molecular flexibility index (Phi) is 7.27. The van der Waals surface area contributed by atoms with Crippen LogP contribution in [0.4, 0.5) is 0 Å². The van der Waals surface area contributed by atoms with E-state index in [9.17, 15) is 9.59 Å². The van der Waals surface area contributed by atoms with Gasteiger partial charge in [0.2, 0.25) is 0 Å². The molecule has 0 N–H and O–H groups in total. The van der Waals surface area contributed by atoms with Gasteiger partial charge in [-0.25, -0.2) is 4.79 Å². The van der Waals surface area contributed by atoms with E-state index in [4.69, 9.17) is 32.7 Å². The first kappa shape index (κ1) is 21.6. The van der Waals surface area contributed by atoms with Gasteiger partial charge >= 0.3 is 5.97 Å². The molecule has 1 amide bonds. The first-order chi connectivity index (χ1) is 14.4. The van der Waals surface area contributed by atoms with Crippen LogP contribution in [0.2, 0.25) is 10.0 Å². The number of rotatable bonds is 7. The Morgan fingerprint density at radius 3 is 2.57 bits per heavy atom. The number of aromatic nitrogens is 1. The van der Waals surface area contributed by atoms with Gasteiger partial charge in [0, 0.05) is 19.8 Å². The number of hydrogen-bond donors (Lipinski definition) is 0. The van der Waals surface area contributed by atoms with E-state index in [0.29, 0.717) is 28.1 Å². The van der Waals surface area contributed by atoms with Gasteiger partial charge in [0.15, 0.2) is 6.61 Å². The van der Waals surface area contributed by atoms with Crippen LogP contribution in [0, 0.1) is 0 Å². The van der Waals surface area contributed by atoms with Crippen molar-refractivity contribution in [1.29, 1.82) is 0 Å². The van der Waals surface area contributed by atoms with Gasteiger partial charge in [0.25, 0.3) is 5.91 Å². The van der Waals surface area contributed by atoms with Crippen molar-refractivity contribution in [2.75, 3.05) is 13.7 Å². The highest BCUT2D eigenvalue weighted by molar-refractivity contribution is 6.42. The Morgan fingerprint density at radius 2 is 1.83 bits per heavy atom. The molecule has 154 valence electrons. The van der Waals surface area contributed by atoms with Crippen molar-refractivity contribution in [3.05, 3.63) is 88.2 Å². The smallest absolute Gasteiger partial charge is 0.342 e. The molecule has 1 aromatic heterocycles. The lowest BCUT2D eigenvalue weighted by molar-refractivity contribution is -0.133. The molecule has 0 radical (unpaired) electrons. The molecule has 6 nitrogen and oxygen atoms in total. The zero-order valence-electron chi connectivity index (χ0n) is 16.0. The summed E-state index contributed by atoms with van der Waals surface area (Å²) in [6.07, 6.45) is 3.15. The summed E-state index contributed by atoms with van der Waals surface area (Å²) in [6.45, 7) is -0.105. The quantitative estimate of drug-likeness (QED) is 0.479. The van der Waals surface area contributed by atoms with Crippen LogP contribution >= 0.6 is 23.2 Å². The molecule has 0 bridgehead atoms. The molecule has 0 atom stereocenters. The maximum atomic E-state index is 12.5. The van der Waals surface area contributed by atoms with Gasteiger partial charge in [-0.3, -0.25) is 9.78 Å². The topological polar surface area (TPSA) is 68.7 Å². The number of likely N-dealkylation sites (N-methyl/N-ethyl adjacent to an activating group) is 1. The van der Waals surface area contributed by atoms with Gasteiger partial charge in [0.1, 0.15) is 17.1 Å². The summed E-state index contributed by atoms with van der Waals surface area (Å²) in [5.74, 6) is -0.229. The molecule has 2 aromatic carbocycles. The summed E-state index contributed by atoms with van der Waals surface area (Å²) in [5.41, 5.74) is 1.02. The van der Waals surface area contributed by atoms with Crippen LogP contribution in [0.15, 0.2) is 67.0 Å². The van der Waals surface area contributed by atoms with Gasteiger partial charge in [-0.1, -0.05) is 41.4 Å². The maximum absolute atomic E-state index is 12.5. The third-order valence-corrected chi connectivity index (χ3v) is 4.86. The molecule has 0 aliphatic rings. The number of carbonyl (C=O) groups is 2. The van der Waals surface area contributed by atoms with E-state index in [1.165, 1.54) is 11.1 Å². The van der Waals surface area contributed by atoms with Gasteiger partial charge < -0.3 is 14.4 Å².